The molecule has 0 aliphatic carbocycles. The molecule has 0 amide bonds. The summed E-state index contributed by atoms with van der Waals surface area (Å²) >= 11 is 0. The van der Waals surface area contributed by atoms with Gasteiger partial charge in [0.25, 0.3) is 0 Å². The van der Waals surface area contributed by atoms with Crippen molar-refractivity contribution < 1.29 is 19.9 Å². The highest BCUT2D eigenvalue weighted by Crippen LogP contribution is 1.82. The summed E-state index contributed by atoms with van der Waals surface area (Å²) in [5.41, 5.74) is 5.02. The number of hydrogen-bond donors (Lipinski definition) is 4. The van der Waals surface area contributed by atoms with Crippen molar-refractivity contribution in [2.45, 2.75) is 26.3 Å². The molecule has 5 nitrogen and oxygen atoms in total. The summed E-state index contributed by atoms with van der Waals surface area (Å²) in [6, 6.07) is -0.681. The Bertz CT molecular complexity index is 161. The molecule has 0 saturated carbocycles. The van der Waals surface area contributed by atoms with Crippen molar-refractivity contribution in [1.29, 1.82) is 0 Å². The Hall–Kier alpha value is -0.845. The van der Waals surface area contributed by atoms with Gasteiger partial charge in [-0.05, 0) is 13.3 Å². The van der Waals surface area contributed by atoms with Gasteiger partial charge < -0.3 is 20.9 Å². The SMILES string of the molecule is C/C=C/B(O)O.CC[C@H](N)C(=O)O. The zero-order valence-electron chi connectivity index (χ0n) is 7.84. The average molecular weight is 189 g/mol. The smallest absolute Gasteiger partial charge is 0.480 e. The van der Waals surface area contributed by atoms with E-state index in [0.29, 0.717) is 6.42 Å². The number of allylic oxidation sites excluding steroid dienone is 1. The molecule has 0 aromatic carbocycles. The molecule has 0 rings (SSSR count). The van der Waals surface area contributed by atoms with Crippen LogP contribution in [0.2, 0.25) is 0 Å². The quantitative estimate of drug-likeness (QED) is 0.443. The Morgan fingerprint density at radius 3 is 2.08 bits per heavy atom. The van der Waals surface area contributed by atoms with Crippen LogP contribution in [0, 0.1) is 0 Å². The van der Waals surface area contributed by atoms with Crippen LogP contribution in [0.25, 0.3) is 0 Å². The first kappa shape index (κ1) is 14.7. The van der Waals surface area contributed by atoms with E-state index >= 15 is 0 Å². The highest BCUT2D eigenvalue weighted by molar-refractivity contribution is 6.47. The van der Waals surface area contributed by atoms with Crippen molar-refractivity contribution in [3.05, 3.63) is 12.1 Å². The monoisotopic (exact) mass is 189 g/mol. The summed E-state index contributed by atoms with van der Waals surface area (Å²) in [5.74, 6) is 0.350. The molecule has 0 spiro atoms. The predicted molar refractivity (Wildman–Crippen MR) is 50.9 cm³/mol. The maximum absolute atomic E-state index is 9.81. The Morgan fingerprint density at radius 2 is 2.08 bits per heavy atom. The highest BCUT2D eigenvalue weighted by atomic mass is 16.4. The van der Waals surface area contributed by atoms with E-state index in [1.54, 1.807) is 19.9 Å². The van der Waals surface area contributed by atoms with E-state index in [9.17, 15) is 4.79 Å². The molecule has 0 heterocycles. The third kappa shape index (κ3) is 14.1. The fourth-order valence-corrected chi connectivity index (χ4v) is 0.347. The standard InChI is InChI=1S/C4H9NO2.C3H7BO2/c1-2-3(5)4(6)7;1-2-3-4(5)6/h3H,2,5H2,1H3,(H,6,7);2-3,5-6H,1H3/b;3-2+/t3-;/m0./s1. The number of hydrogen-bond acceptors (Lipinski definition) is 4. The van der Waals surface area contributed by atoms with E-state index in [4.69, 9.17) is 20.9 Å². The normalized spacial score (nSPS) is 11.8. The highest BCUT2D eigenvalue weighted by Gasteiger charge is 2.05. The number of rotatable bonds is 3. The fourth-order valence-electron chi connectivity index (χ4n) is 0.347. The van der Waals surface area contributed by atoms with Gasteiger partial charge >= 0.3 is 13.1 Å². The topological polar surface area (TPSA) is 104 Å². The lowest BCUT2D eigenvalue weighted by molar-refractivity contribution is -0.138. The summed E-state index contributed by atoms with van der Waals surface area (Å²) in [6.07, 6.45) is 2.07. The van der Waals surface area contributed by atoms with Crippen LogP contribution in [0.3, 0.4) is 0 Å². The van der Waals surface area contributed by atoms with Crippen LogP contribution < -0.4 is 5.73 Å². The zero-order chi connectivity index (χ0) is 10.9. The number of aliphatic carboxylic acids is 1. The summed E-state index contributed by atoms with van der Waals surface area (Å²) in [5, 5.41) is 24.1. The van der Waals surface area contributed by atoms with Crippen molar-refractivity contribution in [2.24, 2.45) is 5.73 Å². The number of carboxylic acid groups (broad SMARTS) is 1. The van der Waals surface area contributed by atoms with E-state index in [1.807, 2.05) is 0 Å². The molecule has 13 heavy (non-hydrogen) atoms. The molecule has 0 saturated heterocycles. The predicted octanol–water partition coefficient (Wildman–Crippen LogP) is -0.617. The first-order valence-corrected chi connectivity index (χ1v) is 3.93. The molecule has 0 aromatic rings. The summed E-state index contributed by atoms with van der Waals surface area (Å²) < 4.78 is 0. The lowest BCUT2D eigenvalue weighted by Gasteiger charge is -1.97. The Kier molecular flexibility index (Phi) is 10.4. The van der Waals surface area contributed by atoms with Gasteiger partial charge in [-0.3, -0.25) is 4.79 Å². The van der Waals surface area contributed by atoms with Crippen molar-refractivity contribution >= 4 is 13.1 Å². The molecule has 76 valence electrons. The molecular formula is C7H16BNO4. The largest absolute Gasteiger partial charge is 0.480 e. The maximum atomic E-state index is 9.81. The summed E-state index contributed by atoms with van der Waals surface area (Å²) in [6.45, 7) is 3.46. The number of nitrogens with two attached hydrogens (primary N) is 1. The molecule has 0 aliphatic heterocycles. The van der Waals surface area contributed by atoms with E-state index in [1.165, 1.54) is 5.98 Å². The van der Waals surface area contributed by atoms with Crippen LogP contribution in [-0.4, -0.2) is 34.3 Å². The molecule has 0 radical (unpaired) electrons. The van der Waals surface area contributed by atoms with Gasteiger partial charge in [0.1, 0.15) is 6.04 Å². The summed E-state index contributed by atoms with van der Waals surface area (Å²) in [7, 11) is -1.28. The minimum absolute atomic E-state index is 0.495. The lowest BCUT2D eigenvalue weighted by Crippen LogP contribution is -2.28. The molecule has 0 bridgehead atoms. The van der Waals surface area contributed by atoms with Gasteiger partial charge in [0.2, 0.25) is 0 Å². The van der Waals surface area contributed by atoms with Crippen LogP contribution in [-0.2, 0) is 4.79 Å². The third-order valence-electron chi connectivity index (χ3n) is 1.12. The van der Waals surface area contributed by atoms with Crippen LogP contribution in [0.4, 0.5) is 0 Å². The van der Waals surface area contributed by atoms with E-state index in [2.05, 4.69) is 0 Å². The Balaban J connectivity index is 0. The van der Waals surface area contributed by atoms with Gasteiger partial charge in [0.05, 0.1) is 0 Å². The van der Waals surface area contributed by atoms with Gasteiger partial charge in [-0.2, -0.15) is 0 Å². The van der Waals surface area contributed by atoms with Gasteiger partial charge in [-0.25, -0.2) is 0 Å². The van der Waals surface area contributed by atoms with Crippen molar-refractivity contribution in [3.63, 3.8) is 0 Å². The molecular weight excluding hydrogens is 173 g/mol. The van der Waals surface area contributed by atoms with Crippen LogP contribution >= 0.6 is 0 Å². The van der Waals surface area contributed by atoms with Gasteiger partial charge in [-0.1, -0.05) is 19.0 Å². The van der Waals surface area contributed by atoms with Gasteiger partial charge in [0, 0.05) is 0 Å². The first-order chi connectivity index (χ1) is 5.95. The molecule has 0 unspecified atom stereocenters. The fraction of sp³-hybridized carbons (Fsp3) is 0.571. The zero-order valence-corrected chi connectivity index (χ0v) is 7.84. The van der Waals surface area contributed by atoms with Crippen molar-refractivity contribution in [2.75, 3.05) is 0 Å². The minimum Gasteiger partial charge on any atom is -0.480 e. The maximum Gasteiger partial charge on any atom is 0.480 e. The lowest BCUT2D eigenvalue weighted by atomic mass is 9.92. The number of carboxylic acids is 1. The molecule has 1 atom stereocenters. The Morgan fingerprint density at radius 1 is 1.62 bits per heavy atom. The molecule has 5 N–H and O–H groups in total. The van der Waals surface area contributed by atoms with E-state index in [-0.39, 0.29) is 0 Å². The molecule has 0 aromatic heterocycles. The minimum atomic E-state index is -1.28. The molecule has 0 aliphatic rings. The van der Waals surface area contributed by atoms with Crippen LogP contribution in [0.5, 0.6) is 0 Å². The molecule has 6 heteroatoms. The molecule has 0 fully saturated rings. The summed E-state index contributed by atoms with van der Waals surface area (Å²) in [4.78, 5) is 9.81. The van der Waals surface area contributed by atoms with Crippen LogP contribution in [0.1, 0.15) is 20.3 Å². The third-order valence-corrected chi connectivity index (χ3v) is 1.12. The first-order valence-electron chi connectivity index (χ1n) is 3.93. The second kappa shape index (κ2) is 9.24. The van der Waals surface area contributed by atoms with E-state index in [0.717, 1.165) is 0 Å². The number of carbonyl (C=O) groups is 1. The van der Waals surface area contributed by atoms with Crippen LogP contribution in [0.15, 0.2) is 12.1 Å². The van der Waals surface area contributed by atoms with E-state index < -0.39 is 19.1 Å². The Labute approximate surface area is 78.0 Å². The van der Waals surface area contributed by atoms with Gasteiger partial charge in [0.15, 0.2) is 0 Å². The average Bonchev–Trinajstić information content (AvgIpc) is 2.03. The van der Waals surface area contributed by atoms with Crippen molar-refractivity contribution in [1.82, 2.24) is 0 Å². The second-order valence-electron chi connectivity index (χ2n) is 2.29. The van der Waals surface area contributed by atoms with Crippen molar-refractivity contribution in [3.8, 4) is 0 Å². The second-order valence-corrected chi connectivity index (χ2v) is 2.29. The van der Waals surface area contributed by atoms with Gasteiger partial charge in [-0.15, -0.1) is 0 Å².